The summed E-state index contributed by atoms with van der Waals surface area (Å²) in [5, 5.41) is 3.01. The minimum atomic E-state index is -0.240. The zero-order valence-corrected chi connectivity index (χ0v) is 18.1. The molecule has 0 fully saturated rings. The van der Waals surface area contributed by atoms with Crippen LogP contribution in [0, 0.1) is 5.82 Å². The zero-order chi connectivity index (χ0) is 21.6. The van der Waals surface area contributed by atoms with Gasteiger partial charge in [0.05, 0.1) is 0 Å². The van der Waals surface area contributed by atoms with Crippen molar-refractivity contribution in [2.45, 2.75) is 64.8 Å². The van der Waals surface area contributed by atoms with Crippen molar-refractivity contribution in [1.29, 1.82) is 0 Å². The van der Waals surface area contributed by atoms with Gasteiger partial charge in [0.1, 0.15) is 5.82 Å². The van der Waals surface area contributed by atoms with E-state index < -0.39 is 0 Å². The van der Waals surface area contributed by atoms with Gasteiger partial charge in [-0.2, -0.15) is 0 Å². The molecule has 2 aromatic rings. The molecule has 0 saturated heterocycles. The second-order valence-electron chi connectivity index (χ2n) is 7.68. The highest BCUT2D eigenvalue weighted by molar-refractivity contribution is 5.88. The Morgan fingerprint density at radius 3 is 2.80 bits per heavy atom. The van der Waals surface area contributed by atoms with E-state index in [2.05, 4.69) is 23.3 Å². The highest BCUT2D eigenvalue weighted by atomic mass is 19.1. The number of aryl methyl sites for hydroxylation is 1. The number of carbonyl (C=O) groups excluding carboxylic acids is 1. The molecule has 0 radical (unpaired) electrons. The number of benzene rings is 1. The maximum atomic E-state index is 13.6. The van der Waals surface area contributed by atoms with E-state index in [0.717, 1.165) is 56.1 Å². The minimum absolute atomic E-state index is 0.104. The van der Waals surface area contributed by atoms with Gasteiger partial charge in [-0.3, -0.25) is 9.78 Å². The molecule has 1 aromatic carbocycles. The van der Waals surface area contributed by atoms with Crippen LogP contribution in [0.25, 0.3) is 5.57 Å². The van der Waals surface area contributed by atoms with E-state index in [-0.39, 0.29) is 17.8 Å². The predicted octanol–water partition coefficient (Wildman–Crippen LogP) is 6.27. The molecule has 0 unspecified atom stereocenters. The number of hydrogen-bond acceptors (Lipinski definition) is 2. The van der Waals surface area contributed by atoms with E-state index >= 15 is 0 Å². The Hall–Kier alpha value is -2.75. The summed E-state index contributed by atoms with van der Waals surface area (Å²) in [6.45, 7) is 4.18. The van der Waals surface area contributed by atoms with Crippen LogP contribution in [0.3, 0.4) is 0 Å². The summed E-state index contributed by atoms with van der Waals surface area (Å²) in [7, 11) is 0. The van der Waals surface area contributed by atoms with Gasteiger partial charge in [-0.25, -0.2) is 4.39 Å². The van der Waals surface area contributed by atoms with Crippen LogP contribution in [-0.2, 0) is 11.2 Å². The Balaban J connectivity index is 1.85. The number of aromatic nitrogens is 1. The largest absolute Gasteiger partial charge is 0.350 e. The Morgan fingerprint density at radius 2 is 2.07 bits per heavy atom. The maximum absolute atomic E-state index is 13.6. The van der Waals surface area contributed by atoms with Crippen LogP contribution >= 0.6 is 0 Å². The highest BCUT2D eigenvalue weighted by Crippen LogP contribution is 2.22. The van der Waals surface area contributed by atoms with Crippen LogP contribution in [0.5, 0.6) is 0 Å². The standard InChI is InChI=1S/C26H33FN2O/c1-3-4-5-13-23(24-15-7-16-25(27)19-24)14-8-17-26(30)29-21(2)10-6-11-22-12-9-18-28-20-22/h7-9,12,14-21H,3-6,10-11,13H2,1-2H3,(H,29,30)/t21-/m1/s1. The number of carbonyl (C=O) groups is 1. The molecule has 1 amide bonds. The van der Waals surface area contributed by atoms with Gasteiger partial charge in [0.15, 0.2) is 0 Å². The second kappa shape index (κ2) is 13.5. The predicted molar refractivity (Wildman–Crippen MR) is 122 cm³/mol. The molecule has 0 aliphatic rings. The number of hydrogen-bond donors (Lipinski definition) is 1. The number of rotatable bonds is 12. The molecule has 0 aliphatic carbocycles. The summed E-state index contributed by atoms with van der Waals surface area (Å²) >= 11 is 0. The van der Waals surface area contributed by atoms with Gasteiger partial charge in [-0.1, -0.05) is 50.1 Å². The van der Waals surface area contributed by atoms with E-state index in [9.17, 15) is 9.18 Å². The molecule has 160 valence electrons. The lowest BCUT2D eigenvalue weighted by atomic mass is 9.99. The van der Waals surface area contributed by atoms with Crippen molar-refractivity contribution in [3.05, 3.63) is 84.0 Å². The van der Waals surface area contributed by atoms with Crippen molar-refractivity contribution in [2.75, 3.05) is 0 Å². The molecule has 1 N–H and O–H groups in total. The van der Waals surface area contributed by atoms with Gasteiger partial charge in [0.2, 0.25) is 5.91 Å². The first-order valence-corrected chi connectivity index (χ1v) is 10.9. The van der Waals surface area contributed by atoms with Gasteiger partial charge in [-0.15, -0.1) is 0 Å². The Morgan fingerprint density at radius 1 is 1.20 bits per heavy atom. The van der Waals surface area contributed by atoms with Gasteiger partial charge < -0.3 is 5.32 Å². The third-order valence-corrected chi connectivity index (χ3v) is 5.00. The molecule has 0 aliphatic heterocycles. The van der Waals surface area contributed by atoms with Crippen LogP contribution in [0.15, 0.2) is 67.0 Å². The first kappa shape index (κ1) is 23.5. The van der Waals surface area contributed by atoms with E-state index in [1.807, 2.05) is 31.3 Å². The molecule has 2 rings (SSSR count). The quantitative estimate of drug-likeness (QED) is 0.255. The van der Waals surface area contributed by atoms with E-state index in [1.165, 1.54) is 11.6 Å². The first-order valence-electron chi connectivity index (χ1n) is 10.9. The minimum Gasteiger partial charge on any atom is -0.350 e. The maximum Gasteiger partial charge on any atom is 0.244 e. The van der Waals surface area contributed by atoms with Crippen LogP contribution in [0.1, 0.15) is 63.5 Å². The number of halogens is 1. The fraction of sp³-hybridized carbons (Fsp3) is 0.385. The lowest BCUT2D eigenvalue weighted by Crippen LogP contribution is -2.31. The van der Waals surface area contributed by atoms with Crippen molar-refractivity contribution in [3.63, 3.8) is 0 Å². The molecule has 30 heavy (non-hydrogen) atoms. The van der Waals surface area contributed by atoms with Gasteiger partial charge in [-0.05, 0) is 73.9 Å². The van der Waals surface area contributed by atoms with Crippen molar-refractivity contribution in [1.82, 2.24) is 10.3 Å². The van der Waals surface area contributed by atoms with E-state index in [0.29, 0.717) is 0 Å². The number of unbranched alkanes of at least 4 members (excludes halogenated alkanes) is 2. The second-order valence-corrected chi connectivity index (χ2v) is 7.68. The van der Waals surface area contributed by atoms with Gasteiger partial charge in [0, 0.05) is 24.5 Å². The molecule has 1 aromatic heterocycles. The lowest BCUT2D eigenvalue weighted by molar-refractivity contribution is -0.117. The smallest absolute Gasteiger partial charge is 0.244 e. The van der Waals surface area contributed by atoms with Crippen LogP contribution in [-0.4, -0.2) is 16.9 Å². The zero-order valence-electron chi connectivity index (χ0n) is 18.1. The first-order chi connectivity index (χ1) is 14.6. The summed E-state index contributed by atoms with van der Waals surface area (Å²) in [6, 6.07) is 10.8. The van der Waals surface area contributed by atoms with Crippen molar-refractivity contribution in [2.24, 2.45) is 0 Å². The highest BCUT2D eigenvalue weighted by Gasteiger charge is 2.05. The van der Waals surface area contributed by atoms with Crippen molar-refractivity contribution in [3.8, 4) is 0 Å². The lowest BCUT2D eigenvalue weighted by Gasteiger charge is -2.12. The average molecular weight is 409 g/mol. The molecule has 3 nitrogen and oxygen atoms in total. The molecule has 4 heteroatoms. The van der Waals surface area contributed by atoms with Crippen LogP contribution in [0.4, 0.5) is 4.39 Å². The van der Waals surface area contributed by atoms with Crippen molar-refractivity contribution >= 4 is 11.5 Å². The fourth-order valence-corrected chi connectivity index (χ4v) is 3.35. The molecule has 0 bridgehead atoms. The van der Waals surface area contributed by atoms with Crippen LogP contribution < -0.4 is 5.32 Å². The Bertz CT molecular complexity index is 830. The molecular weight excluding hydrogens is 375 g/mol. The van der Waals surface area contributed by atoms with Gasteiger partial charge in [0.25, 0.3) is 0 Å². The summed E-state index contributed by atoms with van der Waals surface area (Å²) in [5.41, 5.74) is 3.14. The van der Waals surface area contributed by atoms with Gasteiger partial charge >= 0.3 is 0 Å². The summed E-state index contributed by atoms with van der Waals surface area (Å²) in [6.07, 6.45) is 16.0. The number of pyridine rings is 1. The summed E-state index contributed by atoms with van der Waals surface area (Å²) in [5.74, 6) is -0.344. The Labute approximate surface area is 180 Å². The number of nitrogens with zero attached hydrogens (tertiary/aromatic N) is 1. The topological polar surface area (TPSA) is 42.0 Å². The number of allylic oxidation sites excluding steroid dienone is 3. The summed E-state index contributed by atoms with van der Waals surface area (Å²) < 4.78 is 13.6. The van der Waals surface area contributed by atoms with Crippen molar-refractivity contribution < 1.29 is 9.18 Å². The van der Waals surface area contributed by atoms with E-state index in [1.54, 1.807) is 30.5 Å². The molecule has 0 spiro atoms. The summed E-state index contributed by atoms with van der Waals surface area (Å²) in [4.78, 5) is 16.3. The third kappa shape index (κ3) is 9.17. The third-order valence-electron chi connectivity index (χ3n) is 5.00. The molecule has 1 heterocycles. The number of nitrogens with one attached hydrogen (secondary N) is 1. The van der Waals surface area contributed by atoms with E-state index in [4.69, 9.17) is 0 Å². The monoisotopic (exact) mass is 408 g/mol. The normalized spacial score (nSPS) is 12.8. The number of amides is 1. The van der Waals surface area contributed by atoms with Crippen LogP contribution in [0.2, 0.25) is 0 Å². The molecule has 1 atom stereocenters. The molecular formula is C26H33FN2O. The Kier molecular flexibility index (Phi) is 10.6. The SMILES string of the molecule is CCCCCC(=CC=CC(=O)N[C@H](C)CCCc1cccnc1)c1cccc(F)c1. The average Bonchev–Trinajstić information content (AvgIpc) is 2.73. The fourth-order valence-electron chi connectivity index (χ4n) is 3.35. The molecule has 0 saturated carbocycles.